The van der Waals surface area contributed by atoms with Crippen LogP contribution in [0.4, 0.5) is 4.79 Å². The first kappa shape index (κ1) is 67.3. The van der Waals surface area contributed by atoms with E-state index in [1.807, 2.05) is 164 Å². The van der Waals surface area contributed by atoms with Crippen LogP contribution in [-0.2, 0) is 99.4 Å². The molecule has 25 nitrogen and oxygen atoms in total. The van der Waals surface area contributed by atoms with E-state index in [4.69, 9.17) is 67.1 Å². The first-order chi connectivity index (χ1) is 45.0. The van der Waals surface area contributed by atoms with Crippen molar-refractivity contribution in [2.45, 2.75) is 156 Å². The molecule has 4 saturated heterocycles. The molecule has 6 aromatic carbocycles. The summed E-state index contributed by atoms with van der Waals surface area (Å²) in [5.41, 5.74) is 23.1. The Labute approximate surface area is 531 Å². The molecule has 0 radical (unpaired) electrons. The predicted octanol–water partition coefficient (Wildman–Crippen LogP) is 8.58. The molecular weight excluding hydrogens is 1190 g/mol. The molecule has 0 spiro atoms. The van der Waals surface area contributed by atoms with Crippen LogP contribution in [0, 0.1) is 0 Å². The van der Waals surface area contributed by atoms with Gasteiger partial charge in [-0.1, -0.05) is 174 Å². The molecule has 4 heterocycles. The van der Waals surface area contributed by atoms with E-state index in [1.165, 1.54) is 0 Å². The summed E-state index contributed by atoms with van der Waals surface area (Å²) in [6, 6.07) is 48.7. The molecule has 4 aliphatic heterocycles. The maximum absolute atomic E-state index is 14.4. The molecule has 0 aliphatic carbocycles. The zero-order valence-electron chi connectivity index (χ0n) is 50.8. The van der Waals surface area contributed by atoms with Gasteiger partial charge in [-0.3, -0.25) is 0 Å². The minimum atomic E-state index is -2.49. The summed E-state index contributed by atoms with van der Waals surface area (Å²) in [7, 11) is 1.09. The number of ether oxygens (including phenoxy) is 13. The van der Waals surface area contributed by atoms with Crippen LogP contribution in [-0.4, -0.2) is 165 Å². The third kappa shape index (κ3) is 17.7. The first-order valence-electron chi connectivity index (χ1n) is 30.7. The fourth-order valence-corrected chi connectivity index (χ4v) is 11.7. The second-order valence-electron chi connectivity index (χ2n) is 22.8. The van der Waals surface area contributed by atoms with Crippen molar-refractivity contribution in [2.24, 2.45) is 10.2 Å². The average Bonchev–Trinajstić information content (AvgIpc) is 1.39. The number of aliphatic hydroxyl groups excluding tert-OH is 3. The quantitative estimate of drug-likeness (QED) is 0.00985. The van der Waals surface area contributed by atoms with Crippen LogP contribution < -0.4 is 5.32 Å². The number of amides is 1. The standard InChI is InChI=1S/C67H77N7O18/c1-80-65(78)67(34-51-54(71-66(79)90-51)59(92-67)56(76)50(75)40-81-35-43-19-7-2-8-20-43)87-42-52-57(77)61(85-39-47-29-30-48-27-15-16-28-49(48)33-47)62(86-38-46-25-13-5-14-26-46)64(88-52)91-58-53(41-82-36-44-21-9-3-10-22-44)89-63(83-32-18-6-17-31-70-73-68)55(72-74-69)60(58)84-37-45-23-11-4-12-24-45/h2-5,7-16,19-30,33,50-64,75-77H,6,17-18,31-32,34-42H2,1H3,(H,71,79)/t50-,51+,52-,53-,54-,55-,56-,57+,58-,59-,60-,61+,62-,63-,64+,67-/m1/s1. The number of fused-ring (bicyclic) bond motifs is 2. The second-order valence-corrected chi connectivity index (χ2v) is 22.8. The van der Waals surface area contributed by atoms with E-state index in [9.17, 15) is 30.4 Å². The molecule has 4 aliphatic rings. The number of azide groups is 2. The molecule has 92 heavy (non-hydrogen) atoms. The fraction of sp³-hybridized carbons (Fsp3) is 0.463. The van der Waals surface area contributed by atoms with Gasteiger partial charge in [-0.2, -0.15) is 0 Å². The highest BCUT2D eigenvalue weighted by Gasteiger charge is 2.61. The van der Waals surface area contributed by atoms with Gasteiger partial charge in [0.2, 0.25) is 0 Å². The number of carbonyl (C=O) groups excluding carboxylic acids is 2. The Morgan fingerprint density at radius 2 is 1.25 bits per heavy atom. The number of nitrogens with one attached hydrogen (secondary N) is 1. The lowest BCUT2D eigenvalue weighted by atomic mass is 9.89. The van der Waals surface area contributed by atoms with Gasteiger partial charge in [0.25, 0.3) is 5.79 Å². The zero-order valence-corrected chi connectivity index (χ0v) is 50.8. The summed E-state index contributed by atoms with van der Waals surface area (Å²) in [6.07, 6.45) is -17.9. The van der Waals surface area contributed by atoms with Gasteiger partial charge >= 0.3 is 12.1 Å². The minimum absolute atomic E-state index is 0.00556. The summed E-state index contributed by atoms with van der Waals surface area (Å²) in [4.78, 5) is 33.5. The number of hydrogen-bond acceptors (Lipinski definition) is 20. The van der Waals surface area contributed by atoms with E-state index in [1.54, 1.807) is 0 Å². The van der Waals surface area contributed by atoms with Crippen molar-refractivity contribution >= 4 is 22.8 Å². The van der Waals surface area contributed by atoms with Crippen LogP contribution >= 0.6 is 0 Å². The maximum atomic E-state index is 14.4. The van der Waals surface area contributed by atoms with Crippen LogP contribution in [0.3, 0.4) is 0 Å². The summed E-state index contributed by atoms with van der Waals surface area (Å²) < 4.78 is 84.3. The molecule has 4 fully saturated rings. The van der Waals surface area contributed by atoms with E-state index in [2.05, 4.69) is 25.4 Å². The van der Waals surface area contributed by atoms with Gasteiger partial charge < -0.3 is 82.2 Å². The van der Waals surface area contributed by atoms with Crippen molar-refractivity contribution in [1.82, 2.24) is 5.32 Å². The monoisotopic (exact) mass is 1270 g/mol. The number of nitrogens with zero attached hydrogens (tertiary/aromatic N) is 6. The van der Waals surface area contributed by atoms with E-state index >= 15 is 0 Å². The molecule has 488 valence electrons. The molecule has 0 aromatic heterocycles. The van der Waals surface area contributed by atoms with Crippen LogP contribution in [0.25, 0.3) is 31.7 Å². The maximum Gasteiger partial charge on any atom is 0.407 e. The molecule has 4 N–H and O–H groups in total. The van der Waals surface area contributed by atoms with Gasteiger partial charge in [0.05, 0.1) is 72.4 Å². The molecule has 0 bridgehead atoms. The average molecular weight is 1270 g/mol. The van der Waals surface area contributed by atoms with Crippen molar-refractivity contribution in [3.63, 3.8) is 0 Å². The molecule has 1 amide bonds. The highest BCUT2D eigenvalue weighted by atomic mass is 16.8. The van der Waals surface area contributed by atoms with Crippen molar-refractivity contribution < 1.29 is 86.5 Å². The highest BCUT2D eigenvalue weighted by Crippen LogP contribution is 2.40. The van der Waals surface area contributed by atoms with E-state index in [0.717, 1.165) is 45.7 Å². The van der Waals surface area contributed by atoms with Gasteiger partial charge in [0.1, 0.15) is 73.2 Å². The molecule has 0 saturated carbocycles. The predicted molar refractivity (Wildman–Crippen MR) is 329 cm³/mol. The second kappa shape index (κ2) is 33.8. The van der Waals surface area contributed by atoms with Crippen LogP contribution in [0.1, 0.15) is 53.5 Å². The number of rotatable bonds is 33. The Hall–Kier alpha value is -7.62. The third-order valence-corrected chi connectivity index (χ3v) is 16.4. The van der Waals surface area contributed by atoms with E-state index < -0.39 is 123 Å². The van der Waals surface area contributed by atoms with Crippen molar-refractivity contribution in [1.29, 1.82) is 0 Å². The number of carbonyl (C=O) groups is 2. The van der Waals surface area contributed by atoms with Gasteiger partial charge in [0, 0.05) is 23.0 Å². The van der Waals surface area contributed by atoms with Crippen LogP contribution in [0.5, 0.6) is 0 Å². The van der Waals surface area contributed by atoms with Crippen LogP contribution in [0.2, 0.25) is 0 Å². The largest absolute Gasteiger partial charge is 0.465 e. The van der Waals surface area contributed by atoms with Gasteiger partial charge in [-0.25, -0.2) is 9.59 Å². The number of unbranched alkanes of at least 4 members (excludes halogenated alkanes) is 2. The van der Waals surface area contributed by atoms with E-state index in [0.29, 0.717) is 25.8 Å². The molecular formula is C67H77N7O18. The lowest BCUT2D eigenvalue weighted by Crippen LogP contribution is -2.67. The molecule has 16 atom stereocenters. The zero-order chi connectivity index (χ0) is 64.1. The van der Waals surface area contributed by atoms with Crippen LogP contribution in [0.15, 0.2) is 174 Å². The lowest BCUT2D eigenvalue weighted by molar-refractivity contribution is -0.369. The number of alkyl carbamates (subject to hydrolysis) is 1. The molecule has 0 unspecified atom stereocenters. The molecule has 25 heteroatoms. The Balaban J connectivity index is 1.01. The van der Waals surface area contributed by atoms with Gasteiger partial charge in [-0.05, 0) is 68.6 Å². The molecule has 6 aromatic rings. The molecule has 10 rings (SSSR count). The Morgan fingerprint density at radius 1 is 0.652 bits per heavy atom. The van der Waals surface area contributed by atoms with Gasteiger partial charge in [0.15, 0.2) is 12.6 Å². The Bertz CT molecular complexity index is 3360. The number of hydrogen-bond donors (Lipinski definition) is 4. The van der Waals surface area contributed by atoms with Crippen molar-refractivity contribution in [3.05, 3.63) is 212 Å². The normalized spacial score (nSPS) is 27.5. The highest BCUT2D eigenvalue weighted by molar-refractivity contribution is 5.83. The summed E-state index contributed by atoms with van der Waals surface area (Å²) in [6.45, 7) is -0.615. The van der Waals surface area contributed by atoms with E-state index in [-0.39, 0.29) is 52.9 Å². The summed E-state index contributed by atoms with van der Waals surface area (Å²) in [5, 5.41) is 48.7. The lowest BCUT2D eigenvalue weighted by Gasteiger charge is -2.49. The Morgan fingerprint density at radius 3 is 1.90 bits per heavy atom. The number of aliphatic hydroxyl groups is 3. The fourth-order valence-electron chi connectivity index (χ4n) is 11.7. The smallest absolute Gasteiger partial charge is 0.407 e. The van der Waals surface area contributed by atoms with Gasteiger partial charge in [-0.15, -0.1) is 0 Å². The van der Waals surface area contributed by atoms with Crippen molar-refractivity contribution in [2.75, 3.05) is 40.1 Å². The topological polar surface area (TPSA) is 324 Å². The number of benzene rings is 6. The SMILES string of the molecule is COC(=O)[C@@]1(OC[C@H]2O[C@@H](O[C@H]3[C@H](OCc4ccccc4)[C@@H](N=[N+]=[N-])[C@H](OCCCCCN=[N+]=[N-])O[C@@H]3COCc3ccccc3)[C@H](OCc3ccccc3)[C@@H](OCc3ccc4ccccc4c3)[C@H]2O)C[C@@H]2OC(=O)N[C@H]2[C@H]([C@H](O)[C@H](O)COCc2ccccc2)O1. The number of esters is 1. The first-order valence-corrected chi connectivity index (χ1v) is 30.7. The number of methoxy groups -OCH3 is 1. The summed E-state index contributed by atoms with van der Waals surface area (Å²) >= 11 is 0. The third-order valence-electron chi connectivity index (χ3n) is 16.4. The van der Waals surface area contributed by atoms with Crippen molar-refractivity contribution in [3.8, 4) is 0 Å². The Kier molecular flexibility index (Phi) is 24.7. The minimum Gasteiger partial charge on any atom is -0.465 e. The summed E-state index contributed by atoms with van der Waals surface area (Å²) in [5.74, 6) is -3.60.